The van der Waals surface area contributed by atoms with Crippen molar-refractivity contribution in [2.24, 2.45) is 0 Å². The average Bonchev–Trinajstić information content (AvgIpc) is 3.07. The second kappa shape index (κ2) is 4.98. The van der Waals surface area contributed by atoms with Gasteiger partial charge < -0.3 is 4.18 Å². The van der Waals surface area contributed by atoms with E-state index < -0.39 is 15.6 Å². The van der Waals surface area contributed by atoms with E-state index in [1.54, 1.807) is 22.6 Å². The Hall–Kier alpha value is -2.55. The monoisotopic (exact) mass is 368 g/mol. The zero-order chi connectivity index (χ0) is 18.0. The molecule has 0 N–H and O–H groups in total. The minimum absolute atomic E-state index is 0.260. The molecule has 4 aromatic rings. The molecule has 25 heavy (non-hydrogen) atoms. The average molecular weight is 368 g/mol. The molecule has 9 heteroatoms. The van der Waals surface area contributed by atoms with Crippen molar-refractivity contribution in [2.75, 3.05) is 0 Å². The topological polar surface area (TPSA) is 60.7 Å². The molecule has 0 atom stereocenters. The van der Waals surface area contributed by atoms with Crippen molar-refractivity contribution in [3.05, 3.63) is 42.2 Å². The smallest absolute Gasteiger partial charge is 0.374 e. The van der Waals surface area contributed by atoms with E-state index >= 15 is 0 Å². The lowest BCUT2D eigenvalue weighted by Crippen LogP contribution is -2.28. The van der Waals surface area contributed by atoms with Gasteiger partial charge in [0.05, 0.1) is 16.6 Å². The molecular formula is C16H11F3N2O3S. The number of halogens is 3. The van der Waals surface area contributed by atoms with Crippen LogP contribution < -0.4 is 4.18 Å². The predicted octanol–water partition coefficient (Wildman–Crippen LogP) is 3.87. The molecule has 0 unspecified atom stereocenters. The zero-order valence-electron chi connectivity index (χ0n) is 12.8. The summed E-state index contributed by atoms with van der Waals surface area (Å²) in [5.74, 6) is 0.238. The Bertz CT molecular complexity index is 1210. The highest BCUT2D eigenvalue weighted by Crippen LogP contribution is 2.39. The minimum atomic E-state index is -5.77. The lowest BCUT2D eigenvalue weighted by molar-refractivity contribution is -0.0499. The molecule has 0 fully saturated rings. The Labute approximate surface area is 140 Å². The molecule has 0 saturated carbocycles. The third kappa shape index (κ3) is 2.15. The molecule has 4 rings (SSSR count). The maximum Gasteiger partial charge on any atom is 0.534 e. The normalized spacial score (nSPS) is 13.3. The minimum Gasteiger partial charge on any atom is -0.374 e. The summed E-state index contributed by atoms with van der Waals surface area (Å²) in [6.07, 6.45) is 0.522. The van der Waals surface area contributed by atoms with Crippen LogP contribution in [-0.2, 0) is 16.5 Å². The maximum absolute atomic E-state index is 12.7. The summed E-state index contributed by atoms with van der Waals surface area (Å²) in [6.45, 7) is 1.86. The van der Waals surface area contributed by atoms with E-state index in [1.165, 1.54) is 12.1 Å². The molecule has 0 saturated heterocycles. The molecule has 0 aliphatic carbocycles. The molecule has 0 amide bonds. The van der Waals surface area contributed by atoms with Crippen LogP contribution in [0.15, 0.2) is 36.4 Å². The fraction of sp³-hybridized carbons (Fsp3) is 0.188. The van der Waals surface area contributed by atoms with E-state index in [0.717, 1.165) is 10.9 Å². The van der Waals surface area contributed by atoms with Crippen molar-refractivity contribution >= 4 is 37.4 Å². The van der Waals surface area contributed by atoms with Crippen molar-refractivity contribution in [3.8, 4) is 5.75 Å². The van der Waals surface area contributed by atoms with E-state index in [2.05, 4.69) is 9.17 Å². The van der Waals surface area contributed by atoms with Gasteiger partial charge in [-0.2, -0.15) is 21.6 Å². The number of nitrogens with zero attached hydrogens (tertiary/aromatic N) is 2. The summed E-state index contributed by atoms with van der Waals surface area (Å²) >= 11 is 0. The number of aromatic nitrogens is 2. The van der Waals surface area contributed by atoms with Gasteiger partial charge in [0.25, 0.3) is 0 Å². The molecule has 0 spiro atoms. The van der Waals surface area contributed by atoms with Gasteiger partial charge in [0.15, 0.2) is 5.75 Å². The van der Waals surface area contributed by atoms with Crippen LogP contribution >= 0.6 is 0 Å². The molecule has 130 valence electrons. The maximum atomic E-state index is 12.7. The highest BCUT2D eigenvalue weighted by Gasteiger charge is 2.48. The molecule has 0 aliphatic heterocycles. The van der Waals surface area contributed by atoms with Crippen LogP contribution in [0.4, 0.5) is 13.2 Å². The second-order valence-electron chi connectivity index (χ2n) is 5.53. The molecule has 2 heterocycles. The van der Waals surface area contributed by atoms with Gasteiger partial charge in [0, 0.05) is 17.2 Å². The van der Waals surface area contributed by atoms with Crippen LogP contribution in [0.1, 0.15) is 12.7 Å². The fourth-order valence-electron chi connectivity index (χ4n) is 3.07. The molecule has 0 radical (unpaired) electrons. The number of aryl methyl sites for hydroxylation is 1. The Morgan fingerprint density at radius 1 is 1.08 bits per heavy atom. The largest absolute Gasteiger partial charge is 0.534 e. The van der Waals surface area contributed by atoms with Crippen LogP contribution in [0.25, 0.3) is 27.3 Å². The Balaban J connectivity index is 2.11. The van der Waals surface area contributed by atoms with E-state index in [0.29, 0.717) is 23.1 Å². The van der Waals surface area contributed by atoms with Crippen molar-refractivity contribution in [1.82, 2.24) is 9.38 Å². The van der Waals surface area contributed by atoms with Crippen LogP contribution in [0.2, 0.25) is 0 Å². The van der Waals surface area contributed by atoms with E-state index in [9.17, 15) is 21.6 Å². The first-order valence-electron chi connectivity index (χ1n) is 7.39. The quantitative estimate of drug-likeness (QED) is 0.407. The number of imidazole rings is 1. The van der Waals surface area contributed by atoms with E-state index in [4.69, 9.17) is 0 Å². The number of rotatable bonds is 3. The number of benzene rings is 2. The van der Waals surface area contributed by atoms with Crippen LogP contribution in [0, 0.1) is 0 Å². The highest BCUT2D eigenvalue weighted by molar-refractivity contribution is 7.88. The van der Waals surface area contributed by atoms with Crippen molar-refractivity contribution in [2.45, 2.75) is 18.9 Å². The first-order valence-corrected chi connectivity index (χ1v) is 8.80. The van der Waals surface area contributed by atoms with Gasteiger partial charge in [-0.1, -0.05) is 31.2 Å². The van der Waals surface area contributed by atoms with Gasteiger partial charge >= 0.3 is 15.6 Å². The van der Waals surface area contributed by atoms with Crippen LogP contribution in [-0.4, -0.2) is 23.3 Å². The molecule has 2 aromatic carbocycles. The number of hydrogen-bond acceptors (Lipinski definition) is 4. The van der Waals surface area contributed by atoms with Gasteiger partial charge in [0.1, 0.15) is 5.82 Å². The van der Waals surface area contributed by atoms with Crippen molar-refractivity contribution in [3.63, 3.8) is 0 Å². The molecule has 2 aromatic heterocycles. The van der Waals surface area contributed by atoms with Crippen LogP contribution in [0.5, 0.6) is 5.75 Å². The predicted molar refractivity (Wildman–Crippen MR) is 86.4 cm³/mol. The van der Waals surface area contributed by atoms with Gasteiger partial charge in [-0.25, -0.2) is 4.98 Å². The van der Waals surface area contributed by atoms with E-state index in [-0.39, 0.29) is 11.3 Å². The van der Waals surface area contributed by atoms with Gasteiger partial charge in [-0.15, -0.1) is 0 Å². The third-order valence-electron chi connectivity index (χ3n) is 4.06. The highest BCUT2D eigenvalue weighted by atomic mass is 32.2. The molecule has 0 bridgehead atoms. The lowest BCUT2D eigenvalue weighted by Gasteiger charge is -2.11. The van der Waals surface area contributed by atoms with Gasteiger partial charge in [-0.3, -0.25) is 4.40 Å². The fourth-order valence-corrected chi connectivity index (χ4v) is 3.54. The zero-order valence-corrected chi connectivity index (χ0v) is 13.6. The third-order valence-corrected chi connectivity index (χ3v) is 5.02. The SMILES string of the molecule is CCc1nc2cccc3c4cccc(OS(=O)(=O)C(F)(F)F)c4n1c23. The summed E-state index contributed by atoms with van der Waals surface area (Å²) in [4.78, 5) is 4.46. The number of hydrogen-bond donors (Lipinski definition) is 0. The van der Waals surface area contributed by atoms with Gasteiger partial charge in [0.2, 0.25) is 0 Å². The number of para-hydroxylation sites is 2. The lowest BCUT2D eigenvalue weighted by atomic mass is 10.1. The molecular weight excluding hydrogens is 357 g/mol. The van der Waals surface area contributed by atoms with E-state index in [1.807, 2.05) is 13.0 Å². The standard InChI is InChI=1S/C16H11F3N2O3S/c1-2-13-20-11-7-3-5-9-10-6-4-8-12(15(10)21(13)14(9)11)24-25(22,23)16(17,18)19/h3-8H,2H2,1H3. The molecule has 0 aliphatic rings. The summed E-state index contributed by atoms with van der Waals surface area (Å²) < 4.78 is 67.2. The Kier molecular flexibility index (Phi) is 3.18. The Morgan fingerprint density at radius 3 is 2.36 bits per heavy atom. The van der Waals surface area contributed by atoms with Crippen LogP contribution in [0.3, 0.4) is 0 Å². The second-order valence-corrected chi connectivity index (χ2v) is 7.06. The van der Waals surface area contributed by atoms with Crippen molar-refractivity contribution < 1.29 is 25.8 Å². The first kappa shape index (κ1) is 15.9. The summed E-state index contributed by atoms with van der Waals surface area (Å²) in [5.41, 5.74) is -3.82. The number of alkyl halides is 3. The van der Waals surface area contributed by atoms with Crippen molar-refractivity contribution in [1.29, 1.82) is 0 Å². The van der Waals surface area contributed by atoms with Gasteiger partial charge in [-0.05, 0) is 12.1 Å². The summed E-state index contributed by atoms with van der Waals surface area (Å²) in [5, 5.41) is 1.38. The molecule has 5 nitrogen and oxygen atoms in total. The number of fused-ring (bicyclic) bond motifs is 3. The summed E-state index contributed by atoms with van der Waals surface area (Å²) in [7, 11) is -5.77. The first-order chi connectivity index (χ1) is 11.7. The summed E-state index contributed by atoms with van der Waals surface area (Å²) in [6, 6.07) is 9.79. The Morgan fingerprint density at radius 2 is 1.72 bits per heavy atom.